The minimum absolute atomic E-state index is 0.166. The molecule has 0 spiro atoms. The predicted molar refractivity (Wildman–Crippen MR) is 85.7 cm³/mol. The van der Waals surface area contributed by atoms with Crippen LogP contribution in [-0.4, -0.2) is 23.9 Å². The second kappa shape index (κ2) is 9.06. The number of halogens is 1. The van der Waals surface area contributed by atoms with Gasteiger partial charge in [-0.05, 0) is 11.6 Å². The molecule has 0 fully saturated rings. The lowest BCUT2D eigenvalue weighted by molar-refractivity contribution is 0.111. The molecular formula is C18H15FN2O3. The normalized spacial score (nSPS) is 9.54. The molecule has 0 aliphatic carbocycles. The van der Waals surface area contributed by atoms with Crippen molar-refractivity contribution in [2.45, 2.75) is 13.0 Å². The molecule has 1 amide bonds. The molecule has 0 radical (unpaired) electrons. The van der Waals surface area contributed by atoms with Crippen molar-refractivity contribution < 1.29 is 18.7 Å². The number of carbonyl (C=O) groups excluding carboxylic acids is 2. The van der Waals surface area contributed by atoms with E-state index in [1.54, 1.807) is 0 Å². The van der Waals surface area contributed by atoms with E-state index in [1.165, 1.54) is 12.3 Å². The van der Waals surface area contributed by atoms with Gasteiger partial charge >= 0.3 is 6.09 Å². The van der Waals surface area contributed by atoms with Crippen LogP contribution >= 0.6 is 0 Å². The number of alkyl carbamates (subject to hydrolysis) is 1. The number of rotatable bonds is 5. The Morgan fingerprint density at radius 2 is 2.08 bits per heavy atom. The standard InChI is InChI=1S/C18H15FN2O3/c19-17-16(12-22)15(9-11-20-17)8-4-5-10-21-18(23)24-13-14-6-2-1-3-7-14/h1-3,6-7,9,11-12H,5,10,13H2,(H,21,23). The highest BCUT2D eigenvalue weighted by atomic mass is 19.1. The van der Waals surface area contributed by atoms with Crippen LogP contribution in [0.15, 0.2) is 42.6 Å². The maximum absolute atomic E-state index is 13.3. The number of amides is 1. The molecule has 0 unspecified atom stereocenters. The van der Waals surface area contributed by atoms with Gasteiger partial charge in [0.2, 0.25) is 5.95 Å². The molecular weight excluding hydrogens is 311 g/mol. The third kappa shape index (κ3) is 5.21. The van der Waals surface area contributed by atoms with Gasteiger partial charge in [-0.2, -0.15) is 4.39 Å². The van der Waals surface area contributed by atoms with Crippen LogP contribution in [0.1, 0.15) is 27.9 Å². The summed E-state index contributed by atoms with van der Waals surface area (Å²) in [6, 6.07) is 10.8. The SMILES string of the molecule is O=Cc1c(C#CCCNC(=O)OCc2ccccc2)ccnc1F. The fraction of sp³-hybridized carbons (Fsp3) is 0.167. The van der Waals surface area contributed by atoms with Gasteiger partial charge in [0.25, 0.3) is 0 Å². The van der Waals surface area contributed by atoms with Gasteiger partial charge in [-0.1, -0.05) is 42.2 Å². The minimum atomic E-state index is -0.848. The van der Waals surface area contributed by atoms with E-state index >= 15 is 0 Å². The van der Waals surface area contributed by atoms with Crippen molar-refractivity contribution in [1.29, 1.82) is 0 Å². The van der Waals surface area contributed by atoms with Crippen LogP contribution in [0.4, 0.5) is 9.18 Å². The first-order valence-corrected chi connectivity index (χ1v) is 7.24. The Bertz CT molecular complexity index is 767. The molecule has 122 valence electrons. The number of carbonyl (C=O) groups is 2. The molecule has 0 saturated heterocycles. The summed E-state index contributed by atoms with van der Waals surface area (Å²) >= 11 is 0. The first kappa shape index (κ1) is 17.2. The molecule has 6 heteroatoms. The molecule has 0 bridgehead atoms. The van der Waals surface area contributed by atoms with Crippen molar-refractivity contribution in [3.63, 3.8) is 0 Å². The summed E-state index contributed by atoms with van der Waals surface area (Å²) in [5, 5.41) is 2.56. The van der Waals surface area contributed by atoms with E-state index in [0.29, 0.717) is 12.7 Å². The van der Waals surface area contributed by atoms with E-state index in [2.05, 4.69) is 22.1 Å². The third-order valence-electron chi connectivity index (χ3n) is 3.01. The summed E-state index contributed by atoms with van der Waals surface area (Å²) in [5.41, 5.74) is 0.998. The molecule has 0 aliphatic heterocycles. The van der Waals surface area contributed by atoms with Gasteiger partial charge in [-0.15, -0.1) is 0 Å². The average Bonchev–Trinajstić information content (AvgIpc) is 2.60. The maximum atomic E-state index is 13.3. The topological polar surface area (TPSA) is 68.3 Å². The van der Waals surface area contributed by atoms with Crippen LogP contribution in [0.2, 0.25) is 0 Å². The molecule has 0 aliphatic rings. The zero-order chi connectivity index (χ0) is 17.2. The lowest BCUT2D eigenvalue weighted by Gasteiger charge is -2.05. The zero-order valence-corrected chi connectivity index (χ0v) is 12.8. The minimum Gasteiger partial charge on any atom is -0.445 e. The van der Waals surface area contributed by atoms with E-state index in [1.807, 2.05) is 30.3 Å². The number of nitrogens with zero attached hydrogens (tertiary/aromatic N) is 1. The molecule has 0 saturated carbocycles. The molecule has 2 rings (SSSR count). The average molecular weight is 326 g/mol. The van der Waals surface area contributed by atoms with Crippen molar-refractivity contribution in [1.82, 2.24) is 10.3 Å². The predicted octanol–water partition coefficient (Wildman–Crippen LogP) is 2.70. The van der Waals surface area contributed by atoms with E-state index in [9.17, 15) is 14.0 Å². The summed E-state index contributed by atoms with van der Waals surface area (Å²) < 4.78 is 18.3. The summed E-state index contributed by atoms with van der Waals surface area (Å²) in [7, 11) is 0. The van der Waals surface area contributed by atoms with Gasteiger partial charge in [0.1, 0.15) is 6.61 Å². The van der Waals surface area contributed by atoms with Crippen LogP contribution in [0.5, 0.6) is 0 Å². The van der Waals surface area contributed by atoms with Gasteiger partial charge in [0.15, 0.2) is 6.29 Å². The van der Waals surface area contributed by atoms with E-state index in [4.69, 9.17) is 4.74 Å². The highest BCUT2D eigenvalue weighted by molar-refractivity contribution is 5.79. The van der Waals surface area contributed by atoms with Crippen LogP contribution in [-0.2, 0) is 11.3 Å². The first-order valence-electron chi connectivity index (χ1n) is 7.24. The number of hydrogen-bond acceptors (Lipinski definition) is 4. The second-order valence-corrected chi connectivity index (χ2v) is 4.72. The van der Waals surface area contributed by atoms with Crippen LogP contribution < -0.4 is 5.32 Å². The Morgan fingerprint density at radius 3 is 2.83 bits per heavy atom. The molecule has 0 atom stereocenters. The van der Waals surface area contributed by atoms with E-state index in [0.717, 1.165) is 5.56 Å². The van der Waals surface area contributed by atoms with Gasteiger partial charge in [0.05, 0.1) is 5.56 Å². The molecule has 2 aromatic rings. The molecule has 1 aromatic heterocycles. The Hall–Kier alpha value is -3.20. The molecule has 5 nitrogen and oxygen atoms in total. The number of hydrogen-bond donors (Lipinski definition) is 1. The molecule has 1 N–H and O–H groups in total. The number of pyridine rings is 1. The highest BCUT2D eigenvalue weighted by Gasteiger charge is 2.06. The maximum Gasteiger partial charge on any atom is 0.407 e. The fourth-order valence-electron chi connectivity index (χ4n) is 1.83. The number of aromatic nitrogens is 1. The quantitative estimate of drug-likeness (QED) is 0.397. The Balaban J connectivity index is 1.74. The molecule has 1 heterocycles. The lowest BCUT2D eigenvalue weighted by Crippen LogP contribution is -2.24. The number of aldehydes is 1. The largest absolute Gasteiger partial charge is 0.445 e. The summed E-state index contributed by atoms with van der Waals surface area (Å²) in [4.78, 5) is 25.7. The van der Waals surface area contributed by atoms with Gasteiger partial charge in [0, 0.05) is 24.7 Å². The van der Waals surface area contributed by atoms with Crippen LogP contribution in [0.3, 0.4) is 0 Å². The van der Waals surface area contributed by atoms with Crippen molar-refractivity contribution >= 4 is 12.4 Å². The zero-order valence-electron chi connectivity index (χ0n) is 12.8. The monoisotopic (exact) mass is 326 g/mol. The van der Waals surface area contributed by atoms with Gasteiger partial charge in [-0.3, -0.25) is 4.79 Å². The number of ether oxygens (including phenoxy) is 1. The second-order valence-electron chi connectivity index (χ2n) is 4.72. The van der Waals surface area contributed by atoms with E-state index in [-0.39, 0.29) is 24.3 Å². The summed E-state index contributed by atoms with van der Waals surface area (Å²) in [6.45, 7) is 0.474. The van der Waals surface area contributed by atoms with Crippen LogP contribution in [0, 0.1) is 17.8 Å². The Labute approximate surface area is 138 Å². The molecule has 1 aromatic carbocycles. The summed E-state index contributed by atoms with van der Waals surface area (Å²) in [5.74, 6) is 4.59. The van der Waals surface area contributed by atoms with Crippen molar-refractivity contribution in [3.05, 3.63) is 65.2 Å². The smallest absolute Gasteiger partial charge is 0.407 e. The highest BCUT2D eigenvalue weighted by Crippen LogP contribution is 2.07. The first-order chi connectivity index (χ1) is 11.7. The van der Waals surface area contributed by atoms with Crippen molar-refractivity contribution in [2.75, 3.05) is 6.54 Å². The van der Waals surface area contributed by atoms with E-state index < -0.39 is 12.0 Å². The Kier molecular flexibility index (Phi) is 6.47. The van der Waals surface area contributed by atoms with Crippen molar-refractivity contribution in [2.24, 2.45) is 0 Å². The third-order valence-corrected chi connectivity index (χ3v) is 3.01. The Morgan fingerprint density at radius 1 is 1.29 bits per heavy atom. The fourth-order valence-corrected chi connectivity index (χ4v) is 1.83. The lowest BCUT2D eigenvalue weighted by atomic mass is 10.1. The molecule has 24 heavy (non-hydrogen) atoms. The number of benzene rings is 1. The van der Waals surface area contributed by atoms with Gasteiger partial charge in [-0.25, -0.2) is 9.78 Å². The van der Waals surface area contributed by atoms with Crippen LogP contribution in [0.25, 0.3) is 0 Å². The number of nitrogens with one attached hydrogen (secondary N) is 1. The summed E-state index contributed by atoms with van der Waals surface area (Å²) in [6.07, 6.45) is 1.42. The van der Waals surface area contributed by atoms with Gasteiger partial charge < -0.3 is 10.1 Å². The van der Waals surface area contributed by atoms with Crippen molar-refractivity contribution in [3.8, 4) is 11.8 Å².